The van der Waals surface area contributed by atoms with Crippen molar-refractivity contribution in [2.24, 2.45) is 11.7 Å². The first-order valence-electron chi connectivity index (χ1n) is 5.97. The number of benzene rings is 1. The van der Waals surface area contributed by atoms with E-state index < -0.39 is 20.9 Å². The minimum Gasteiger partial charge on any atom is -0.326 e. The van der Waals surface area contributed by atoms with E-state index >= 15 is 0 Å². The second kappa shape index (κ2) is 5.80. The fraction of sp³-hybridized carbons (Fsp3) is 0.538. The van der Waals surface area contributed by atoms with E-state index in [0.717, 1.165) is 0 Å². The number of halogens is 1. The van der Waals surface area contributed by atoms with Gasteiger partial charge in [0.1, 0.15) is 5.82 Å². The van der Waals surface area contributed by atoms with E-state index in [1.54, 1.807) is 6.92 Å². The van der Waals surface area contributed by atoms with Gasteiger partial charge in [-0.2, -0.15) is 0 Å². The van der Waals surface area contributed by atoms with Crippen LogP contribution in [0.1, 0.15) is 31.9 Å². The van der Waals surface area contributed by atoms with Crippen LogP contribution in [0.2, 0.25) is 0 Å². The molecule has 102 valence electrons. The molecule has 0 spiro atoms. The Morgan fingerprint density at radius 2 is 1.83 bits per heavy atom. The highest BCUT2D eigenvalue weighted by atomic mass is 32.2. The SMILES string of the molecule is CC(C)C(C)S(=O)(=O)Cc1ccc(F)cc1CN. The molecular weight excluding hydrogens is 253 g/mol. The van der Waals surface area contributed by atoms with E-state index in [1.165, 1.54) is 18.2 Å². The summed E-state index contributed by atoms with van der Waals surface area (Å²) in [7, 11) is -3.24. The van der Waals surface area contributed by atoms with Crippen molar-refractivity contribution in [3.05, 3.63) is 35.1 Å². The molecule has 0 saturated carbocycles. The molecule has 0 fully saturated rings. The van der Waals surface area contributed by atoms with Crippen LogP contribution in [0.25, 0.3) is 0 Å². The van der Waals surface area contributed by atoms with Gasteiger partial charge in [-0.05, 0) is 36.1 Å². The molecule has 0 aromatic heterocycles. The molecule has 1 unspecified atom stereocenters. The maximum absolute atomic E-state index is 13.0. The summed E-state index contributed by atoms with van der Waals surface area (Å²) in [6.07, 6.45) is 0. The van der Waals surface area contributed by atoms with E-state index in [2.05, 4.69) is 0 Å². The molecule has 0 radical (unpaired) electrons. The maximum atomic E-state index is 13.0. The quantitative estimate of drug-likeness (QED) is 0.895. The zero-order chi connectivity index (χ0) is 13.9. The zero-order valence-corrected chi connectivity index (χ0v) is 11.8. The molecule has 3 nitrogen and oxygen atoms in total. The van der Waals surface area contributed by atoms with Crippen molar-refractivity contribution in [2.45, 2.75) is 38.3 Å². The van der Waals surface area contributed by atoms with Crippen molar-refractivity contribution in [3.8, 4) is 0 Å². The van der Waals surface area contributed by atoms with Crippen LogP contribution in [0.15, 0.2) is 18.2 Å². The topological polar surface area (TPSA) is 60.2 Å². The van der Waals surface area contributed by atoms with Crippen molar-refractivity contribution < 1.29 is 12.8 Å². The van der Waals surface area contributed by atoms with Gasteiger partial charge in [-0.15, -0.1) is 0 Å². The Bertz CT molecular complexity index is 512. The number of rotatable bonds is 5. The monoisotopic (exact) mass is 273 g/mol. The molecule has 5 heteroatoms. The highest BCUT2D eigenvalue weighted by molar-refractivity contribution is 7.91. The summed E-state index contributed by atoms with van der Waals surface area (Å²) < 4.78 is 37.4. The van der Waals surface area contributed by atoms with Gasteiger partial charge in [0.2, 0.25) is 0 Å². The number of sulfone groups is 1. The Morgan fingerprint density at radius 1 is 1.22 bits per heavy atom. The third-order valence-corrected chi connectivity index (χ3v) is 5.64. The summed E-state index contributed by atoms with van der Waals surface area (Å²) in [5.74, 6) is -0.426. The van der Waals surface area contributed by atoms with Crippen LogP contribution in [0.5, 0.6) is 0 Å². The highest BCUT2D eigenvalue weighted by Gasteiger charge is 2.25. The molecule has 1 aromatic rings. The smallest absolute Gasteiger partial charge is 0.157 e. The Hall–Kier alpha value is -0.940. The van der Waals surface area contributed by atoms with Crippen LogP contribution in [0.3, 0.4) is 0 Å². The first-order chi connectivity index (χ1) is 8.27. The first-order valence-corrected chi connectivity index (χ1v) is 7.68. The summed E-state index contributed by atoms with van der Waals surface area (Å²) in [6.45, 7) is 5.58. The van der Waals surface area contributed by atoms with E-state index in [9.17, 15) is 12.8 Å². The van der Waals surface area contributed by atoms with E-state index in [0.29, 0.717) is 11.1 Å². The molecule has 0 aliphatic carbocycles. The largest absolute Gasteiger partial charge is 0.326 e. The molecule has 1 aromatic carbocycles. The van der Waals surface area contributed by atoms with Crippen LogP contribution in [-0.4, -0.2) is 13.7 Å². The lowest BCUT2D eigenvalue weighted by Gasteiger charge is -2.17. The van der Waals surface area contributed by atoms with Gasteiger partial charge in [-0.25, -0.2) is 12.8 Å². The standard InChI is InChI=1S/C13H20FNO2S/c1-9(2)10(3)18(16,17)8-11-4-5-13(14)6-12(11)7-15/h4-6,9-10H,7-8,15H2,1-3H3. The molecule has 0 saturated heterocycles. The van der Waals surface area contributed by atoms with Gasteiger partial charge in [0.25, 0.3) is 0 Å². The average molecular weight is 273 g/mol. The molecule has 0 heterocycles. The van der Waals surface area contributed by atoms with Crippen molar-refractivity contribution in [2.75, 3.05) is 0 Å². The summed E-state index contributed by atoms with van der Waals surface area (Å²) in [5, 5.41) is -0.423. The fourth-order valence-electron chi connectivity index (χ4n) is 1.69. The lowest BCUT2D eigenvalue weighted by molar-refractivity contribution is 0.544. The van der Waals surface area contributed by atoms with Crippen LogP contribution >= 0.6 is 0 Å². The van der Waals surface area contributed by atoms with Crippen molar-refractivity contribution in [1.29, 1.82) is 0 Å². The Balaban J connectivity index is 3.04. The van der Waals surface area contributed by atoms with Gasteiger partial charge in [0.05, 0.1) is 11.0 Å². The van der Waals surface area contributed by atoms with Gasteiger partial charge < -0.3 is 5.73 Å². The van der Waals surface area contributed by atoms with Crippen LogP contribution in [0.4, 0.5) is 4.39 Å². The average Bonchev–Trinajstić information content (AvgIpc) is 2.30. The van der Waals surface area contributed by atoms with Crippen LogP contribution < -0.4 is 5.73 Å². The predicted molar refractivity (Wildman–Crippen MR) is 71.2 cm³/mol. The molecule has 0 amide bonds. The minimum atomic E-state index is -3.24. The van der Waals surface area contributed by atoms with Gasteiger partial charge >= 0.3 is 0 Å². The second-order valence-electron chi connectivity index (χ2n) is 4.87. The molecule has 18 heavy (non-hydrogen) atoms. The second-order valence-corrected chi connectivity index (χ2v) is 7.23. The fourth-order valence-corrected chi connectivity index (χ4v) is 3.50. The molecule has 1 rings (SSSR count). The summed E-state index contributed by atoms with van der Waals surface area (Å²) in [6, 6.07) is 4.07. The normalized spacial score (nSPS) is 13.9. The lowest BCUT2D eigenvalue weighted by atomic mass is 10.1. The van der Waals surface area contributed by atoms with Crippen molar-refractivity contribution >= 4 is 9.84 Å². The third-order valence-electron chi connectivity index (χ3n) is 3.25. The molecular formula is C13H20FNO2S. The Morgan fingerprint density at radius 3 is 2.33 bits per heavy atom. The molecule has 2 N–H and O–H groups in total. The van der Waals surface area contributed by atoms with Crippen molar-refractivity contribution in [1.82, 2.24) is 0 Å². The zero-order valence-electron chi connectivity index (χ0n) is 11.0. The van der Waals surface area contributed by atoms with Gasteiger partial charge in [0.15, 0.2) is 9.84 Å². The minimum absolute atomic E-state index is 0.0526. The molecule has 0 aliphatic heterocycles. The summed E-state index contributed by atoms with van der Waals surface area (Å²) in [5.41, 5.74) is 6.65. The van der Waals surface area contributed by atoms with Gasteiger partial charge in [-0.3, -0.25) is 0 Å². The summed E-state index contributed by atoms with van der Waals surface area (Å²) >= 11 is 0. The molecule has 0 aliphatic rings. The predicted octanol–water partition coefficient (Wildman–Crippen LogP) is 2.24. The Kier molecular flexibility index (Phi) is 4.87. The maximum Gasteiger partial charge on any atom is 0.157 e. The number of nitrogens with two attached hydrogens (primary N) is 1. The van der Waals surface area contributed by atoms with Crippen LogP contribution in [0, 0.1) is 11.7 Å². The highest BCUT2D eigenvalue weighted by Crippen LogP contribution is 2.20. The molecule has 1 atom stereocenters. The third kappa shape index (κ3) is 3.53. The number of hydrogen-bond donors (Lipinski definition) is 1. The van der Waals surface area contributed by atoms with Gasteiger partial charge in [-0.1, -0.05) is 19.9 Å². The first kappa shape index (κ1) is 15.1. The van der Waals surface area contributed by atoms with E-state index in [4.69, 9.17) is 5.73 Å². The lowest BCUT2D eigenvalue weighted by Crippen LogP contribution is -2.25. The van der Waals surface area contributed by atoms with Gasteiger partial charge in [0, 0.05) is 6.54 Å². The molecule has 0 bridgehead atoms. The Labute approximate surface area is 108 Å². The van der Waals surface area contributed by atoms with Crippen molar-refractivity contribution in [3.63, 3.8) is 0 Å². The van der Waals surface area contributed by atoms with E-state index in [1.807, 2.05) is 13.8 Å². The van der Waals surface area contributed by atoms with E-state index in [-0.39, 0.29) is 18.2 Å². The summed E-state index contributed by atoms with van der Waals surface area (Å²) in [4.78, 5) is 0. The number of hydrogen-bond acceptors (Lipinski definition) is 3. The van der Waals surface area contributed by atoms with Crippen LogP contribution in [-0.2, 0) is 22.1 Å².